The second kappa shape index (κ2) is 10.2. The van der Waals surface area contributed by atoms with Gasteiger partial charge >= 0.3 is 5.97 Å². The van der Waals surface area contributed by atoms with Crippen LogP contribution in [0.15, 0.2) is 24.3 Å². The molecule has 1 atom stereocenters. The standard InChI is InChI=1S/C15H22N2O3.ClH/c1-3-5-13(16)14(18)17-9-8-11-6-4-7-12(10-11)15(19)20-2;/h4,6-7,10,13H,3,5,8-9,16H2,1-2H3,(H,17,18);1H. The van der Waals surface area contributed by atoms with Crippen molar-refractivity contribution >= 4 is 24.3 Å². The fourth-order valence-corrected chi connectivity index (χ4v) is 1.87. The summed E-state index contributed by atoms with van der Waals surface area (Å²) in [5, 5.41) is 2.80. The van der Waals surface area contributed by atoms with Crippen LogP contribution in [0.2, 0.25) is 0 Å². The average Bonchev–Trinajstić information content (AvgIpc) is 2.46. The first-order valence-electron chi connectivity index (χ1n) is 6.79. The van der Waals surface area contributed by atoms with E-state index in [1.54, 1.807) is 18.2 Å². The molecule has 1 aromatic rings. The maximum atomic E-state index is 11.6. The van der Waals surface area contributed by atoms with E-state index in [2.05, 4.69) is 10.1 Å². The maximum Gasteiger partial charge on any atom is 0.337 e. The number of nitrogens with one attached hydrogen (secondary N) is 1. The molecular formula is C15H23ClN2O3. The molecule has 0 radical (unpaired) electrons. The van der Waals surface area contributed by atoms with Crippen molar-refractivity contribution in [2.45, 2.75) is 32.2 Å². The van der Waals surface area contributed by atoms with Crippen LogP contribution >= 0.6 is 12.4 Å². The van der Waals surface area contributed by atoms with Gasteiger partial charge in [-0.2, -0.15) is 0 Å². The molecule has 21 heavy (non-hydrogen) atoms. The number of ether oxygens (including phenoxy) is 1. The van der Waals surface area contributed by atoms with E-state index in [1.807, 2.05) is 13.0 Å². The molecule has 0 aliphatic rings. The SMILES string of the molecule is CCCC(N)C(=O)NCCc1cccc(C(=O)OC)c1.Cl. The molecule has 3 N–H and O–H groups in total. The van der Waals surface area contributed by atoms with Crippen LogP contribution in [0, 0.1) is 0 Å². The van der Waals surface area contributed by atoms with Crippen LogP contribution in [0.3, 0.4) is 0 Å². The molecule has 0 aromatic heterocycles. The number of rotatable bonds is 7. The highest BCUT2D eigenvalue weighted by Crippen LogP contribution is 2.07. The van der Waals surface area contributed by atoms with Gasteiger partial charge in [0.15, 0.2) is 0 Å². The molecule has 0 bridgehead atoms. The maximum absolute atomic E-state index is 11.6. The molecule has 6 heteroatoms. The monoisotopic (exact) mass is 314 g/mol. The predicted molar refractivity (Wildman–Crippen MR) is 84.6 cm³/mol. The van der Waals surface area contributed by atoms with Gasteiger partial charge in [-0.3, -0.25) is 4.79 Å². The van der Waals surface area contributed by atoms with Gasteiger partial charge in [0.2, 0.25) is 5.91 Å². The van der Waals surface area contributed by atoms with E-state index in [0.717, 1.165) is 12.0 Å². The summed E-state index contributed by atoms with van der Waals surface area (Å²) in [5.74, 6) is -0.489. The quantitative estimate of drug-likeness (QED) is 0.750. The lowest BCUT2D eigenvalue weighted by molar-refractivity contribution is -0.122. The van der Waals surface area contributed by atoms with Crippen LogP contribution in [0.1, 0.15) is 35.7 Å². The minimum Gasteiger partial charge on any atom is -0.465 e. The number of benzene rings is 1. The molecule has 1 unspecified atom stereocenters. The van der Waals surface area contributed by atoms with Gasteiger partial charge in [0.25, 0.3) is 0 Å². The number of hydrogen-bond acceptors (Lipinski definition) is 4. The highest BCUT2D eigenvalue weighted by Gasteiger charge is 2.11. The molecule has 0 spiro atoms. The van der Waals surface area contributed by atoms with Crippen molar-refractivity contribution in [2.24, 2.45) is 5.73 Å². The molecule has 5 nitrogen and oxygen atoms in total. The largest absolute Gasteiger partial charge is 0.465 e. The van der Waals surface area contributed by atoms with Crippen LogP contribution in [-0.2, 0) is 16.0 Å². The molecule has 0 heterocycles. The molecule has 0 saturated carbocycles. The Kier molecular flexibility index (Phi) is 9.41. The predicted octanol–water partition coefficient (Wildman–Crippen LogP) is 1.68. The summed E-state index contributed by atoms with van der Waals surface area (Å²) in [4.78, 5) is 23.0. The second-order valence-corrected chi connectivity index (χ2v) is 4.63. The molecule has 1 aromatic carbocycles. The van der Waals surface area contributed by atoms with Crippen LogP contribution in [0.25, 0.3) is 0 Å². The van der Waals surface area contributed by atoms with Crippen LogP contribution in [0.4, 0.5) is 0 Å². The Bertz CT molecular complexity index is 466. The van der Waals surface area contributed by atoms with Gasteiger partial charge in [-0.15, -0.1) is 12.4 Å². The molecular weight excluding hydrogens is 292 g/mol. The van der Waals surface area contributed by atoms with Crippen LogP contribution in [-0.4, -0.2) is 31.6 Å². The first kappa shape index (κ1) is 19.4. The van der Waals surface area contributed by atoms with Crippen LogP contribution < -0.4 is 11.1 Å². The van der Waals surface area contributed by atoms with Crippen molar-refractivity contribution in [2.75, 3.05) is 13.7 Å². The van der Waals surface area contributed by atoms with E-state index in [-0.39, 0.29) is 24.3 Å². The summed E-state index contributed by atoms with van der Waals surface area (Å²) in [6.45, 7) is 2.49. The third-order valence-electron chi connectivity index (χ3n) is 3.00. The van der Waals surface area contributed by atoms with Crippen molar-refractivity contribution in [3.05, 3.63) is 35.4 Å². The summed E-state index contributed by atoms with van der Waals surface area (Å²) in [6, 6.07) is 6.73. The fourth-order valence-electron chi connectivity index (χ4n) is 1.87. The van der Waals surface area contributed by atoms with E-state index in [4.69, 9.17) is 5.73 Å². The summed E-state index contributed by atoms with van der Waals surface area (Å²) < 4.78 is 4.67. The molecule has 0 fully saturated rings. The zero-order chi connectivity index (χ0) is 15.0. The van der Waals surface area contributed by atoms with E-state index in [1.165, 1.54) is 7.11 Å². The molecule has 118 valence electrons. The molecule has 1 amide bonds. The number of amides is 1. The van der Waals surface area contributed by atoms with E-state index in [9.17, 15) is 9.59 Å². The highest BCUT2D eigenvalue weighted by atomic mass is 35.5. The van der Waals surface area contributed by atoms with Gasteiger partial charge in [-0.05, 0) is 30.5 Å². The number of esters is 1. The Morgan fingerprint density at radius 3 is 2.71 bits per heavy atom. The van der Waals surface area contributed by atoms with Gasteiger partial charge in [0, 0.05) is 6.54 Å². The zero-order valence-corrected chi connectivity index (χ0v) is 13.2. The number of hydrogen-bond donors (Lipinski definition) is 2. The van der Waals surface area contributed by atoms with Crippen LogP contribution in [0.5, 0.6) is 0 Å². The van der Waals surface area contributed by atoms with E-state index in [0.29, 0.717) is 24.9 Å². The third kappa shape index (κ3) is 6.60. The van der Waals surface area contributed by atoms with Gasteiger partial charge < -0.3 is 15.8 Å². The Balaban J connectivity index is 0.00000400. The number of carbonyl (C=O) groups is 2. The number of nitrogens with two attached hydrogens (primary N) is 1. The van der Waals surface area contributed by atoms with Crippen molar-refractivity contribution in [3.63, 3.8) is 0 Å². The van der Waals surface area contributed by atoms with Crippen molar-refractivity contribution in [3.8, 4) is 0 Å². The number of halogens is 1. The Morgan fingerprint density at radius 1 is 1.38 bits per heavy atom. The lowest BCUT2D eigenvalue weighted by Crippen LogP contribution is -2.41. The average molecular weight is 315 g/mol. The summed E-state index contributed by atoms with van der Waals surface area (Å²) in [5.41, 5.74) is 7.20. The smallest absolute Gasteiger partial charge is 0.337 e. The summed E-state index contributed by atoms with van der Waals surface area (Å²) in [7, 11) is 1.35. The summed E-state index contributed by atoms with van der Waals surface area (Å²) >= 11 is 0. The Hall–Kier alpha value is -1.59. The number of carbonyl (C=O) groups excluding carboxylic acids is 2. The topological polar surface area (TPSA) is 81.4 Å². The zero-order valence-electron chi connectivity index (χ0n) is 12.4. The van der Waals surface area contributed by atoms with Gasteiger partial charge in [-0.1, -0.05) is 25.5 Å². The normalized spacial score (nSPS) is 11.2. The number of methoxy groups -OCH3 is 1. The first-order valence-corrected chi connectivity index (χ1v) is 6.79. The fraction of sp³-hybridized carbons (Fsp3) is 0.467. The van der Waals surface area contributed by atoms with Crippen molar-refractivity contribution in [1.82, 2.24) is 5.32 Å². The lowest BCUT2D eigenvalue weighted by atomic mass is 10.1. The molecule has 0 saturated heterocycles. The van der Waals surface area contributed by atoms with Gasteiger partial charge in [0.1, 0.15) is 0 Å². The molecule has 1 rings (SSSR count). The molecule has 0 aliphatic carbocycles. The highest BCUT2D eigenvalue weighted by molar-refractivity contribution is 5.89. The first-order chi connectivity index (χ1) is 9.58. The minimum absolute atomic E-state index is 0. The Labute approximate surface area is 131 Å². The van der Waals surface area contributed by atoms with Crippen molar-refractivity contribution < 1.29 is 14.3 Å². The van der Waals surface area contributed by atoms with Gasteiger partial charge in [-0.25, -0.2) is 4.79 Å². The summed E-state index contributed by atoms with van der Waals surface area (Å²) in [6.07, 6.45) is 2.22. The minimum atomic E-state index is -0.443. The lowest BCUT2D eigenvalue weighted by Gasteiger charge is -2.11. The third-order valence-corrected chi connectivity index (χ3v) is 3.00. The van der Waals surface area contributed by atoms with Gasteiger partial charge in [0.05, 0.1) is 18.7 Å². The van der Waals surface area contributed by atoms with E-state index < -0.39 is 6.04 Å². The Morgan fingerprint density at radius 2 is 2.10 bits per heavy atom. The second-order valence-electron chi connectivity index (χ2n) is 4.63. The van der Waals surface area contributed by atoms with Crippen molar-refractivity contribution in [1.29, 1.82) is 0 Å². The molecule has 0 aliphatic heterocycles. The van der Waals surface area contributed by atoms with E-state index >= 15 is 0 Å².